The third kappa shape index (κ3) is 8.57. The fourth-order valence-electron chi connectivity index (χ4n) is 5.71. The fourth-order valence-corrected chi connectivity index (χ4v) is 5.71. The highest BCUT2D eigenvalue weighted by molar-refractivity contribution is 6.37. The van der Waals surface area contributed by atoms with Gasteiger partial charge in [0.25, 0.3) is 11.8 Å². The number of Topliss-reactive ketones (excluding diaryl/α,β-unsaturated/α-hetero) is 1. The van der Waals surface area contributed by atoms with Gasteiger partial charge in [0.2, 0.25) is 23.5 Å². The minimum absolute atomic E-state index is 0.0256. The van der Waals surface area contributed by atoms with Gasteiger partial charge in [0.1, 0.15) is 23.8 Å². The number of nitrogens with zero attached hydrogens (tertiary/aromatic N) is 3. The number of aromatic nitrogens is 2. The first-order valence-electron chi connectivity index (χ1n) is 15.2. The topological polar surface area (TPSA) is 180 Å². The Morgan fingerprint density at radius 2 is 1.65 bits per heavy atom. The molecule has 13 nitrogen and oxygen atoms in total. The summed E-state index contributed by atoms with van der Waals surface area (Å²) in [5, 5.41) is 10.9. The van der Waals surface area contributed by atoms with Gasteiger partial charge in [-0.3, -0.25) is 33.8 Å². The highest BCUT2D eigenvalue weighted by Crippen LogP contribution is 2.29. The number of ketones is 1. The van der Waals surface area contributed by atoms with Crippen molar-refractivity contribution in [2.45, 2.75) is 103 Å². The molecule has 0 bridgehead atoms. The molecule has 0 spiro atoms. The van der Waals surface area contributed by atoms with Gasteiger partial charge in [0.15, 0.2) is 0 Å². The lowest BCUT2D eigenvalue weighted by Crippen LogP contribution is -2.61. The van der Waals surface area contributed by atoms with Crippen molar-refractivity contribution in [1.82, 2.24) is 36.1 Å². The summed E-state index contributed by atoms with van der Waals surface area (Å²) < 4.78 is 0. The first-order chi connectivity index (χ1) is 20.5. The van der Waals surface area contributed by atoms with Gasteiger partial charge < -0.3 is 26.2 Å². The summed E-state index contributed by atoms with van der Waals surface area (Å²) in [5.74, 6) is -3.50. The minimum Gasteiger partial charge on any atom is -0.347 e. The molecule has 4 rings (SSSR count). The number of carbonyl (C=O) groups excluding carboxylic acids is 6. The van der Waals surface area contributed by atoms with Crippen LogP contribution >= 0.6 is 0 Å². The molecule has 1 saturated heterocycles. The smallest absolute Gasteiger partial charge is 0.289 e. The molecule has 2 saturated carbocycles. The van der Waals surface area contributed by atoms with E-state index in [1.807, 2.05) is 20.8 Å². The van der Waals surface area contributed by atoms with E-state index in [-0.39, 0.29) is 17.7 Å². The van der Waals surface area contributed by atoms with Crippen LogP contribution in [0.2, 0.25) is 0 Å². The predicted molar refractivity (Wildman–Crippen MR) is 155 cm³/mol. The zero-order valence-corrected chi connectivity index (χ0v) is 25.2. The van der Waals surface area contributed by atoms with Crippen molar-refractivity contribution in [3.05, 3.63) is 24.3 Å². The molecule has 13 heteroatoms. The third-order valence-electron chi connectivity index (χ3n) is 8.31. The van der Waals surface area contributed by atoms with Crippen molar-refractivity contribution in [3.63, 3.8) is 0 Å². The van der Waals surface area contributed by atoms with Crippen molar-refractivity contribution in [2.75, 3.05) is 13.1 Å². The molecule has 0 unspecified atom stereocenters. The maximum Gasteiger partial charge on any atom is 0.289 e. The zero-order valence-electron chi connectivity index (χ0n) is 25.2. The van der Waals surface area contributed by atoms with Crippen LogP contribution < -0.4 is 21.3 Å². The maximum absolute atomic E-state index is 14.0. The lowest BCUT2D eigenvalue weighted by molar-refractivity contribution is -0.144. The number of hydrogen-bond donors (Lipinski definition) is 4. The molecule has 0 radical (unpaired) electrons. The average molecular weight is 598 g/mol. The Morgan fingerprint density at radius 3 is 2.28 bits per heavy atom. The van der Waals surface area contributed by atoms with E-state index in [1.165, 1.54) is 23.5 Å². The second-order valence-corrected chi connectivity index (χ2v) is 12.8. The Hall–Kier alpha value is -3.90. The van der Waals surface area contributed by atoms with E-state index < -0.39 is 65.4 Å². The number of nitrogens with one attached hydrogen (secondary N) is 4. The van der Waals surface area contributed by atoms with Gasteiger partial charge in [-0.2, -0.15) is 0 Å². The molecular formula is C30H43N7O6. The van der Waals surface area contributed by atoms with E-state index in [0.717, 1.165) is 44.9 Å². The second-order valence-electron chi connectivity index (χ2n) is 12.8. The van der Waals surface area contributed by atoms with Crippen LogP contribution in [-0.4, -0.2) is 87.4 Å². The lowest BCUT2D eigenvalue weighted by Gasteiger charge is -2.37. The number of amides is 5. The standard InChI is InChI=1S/C30H43N7O6/c1-30(2,3)24(29(43)37-15-7-10-21(37)26(40)33-17-22(38)27(41)34-19-11-12-19)36-28(42)23(18-8-5-4-6-9-18)35-25(39)20-16-31-13-14-32-20/h13-14,16,18-19,21,23-24H,4-12,15,17H2,1-3H3,(H,33,40)(H,34,41)(H,35,39)(H,36,42)/t21-,23-,24+/m0/s1. The molecule has 2 aliphatic carbocycles. The molecule has 1 aliphatic heterocycles. The number of rotatable bonds is 11. The molecule has 5 amide bonds. The molecule has 43 heavy (non-hydrogen) atoms. The molecule has 234 valence electrons. The number of likely N-dealkylation sites (tertiary alicyclic amines) is 1. The third-order valence-corrected chi connectivity index (χ3v) is 8.31. The zero-order chi connectivity index (χ0) is 31.1. The maximum atomic E-state index is 14.0. The summed E-state index contributed by atoms with van der Waals surface area (Å²) in [7, 11) is 0. The van der Waals surface area contributed by atoms with Gasteiger partial charge in [-0.15, -0.1) is 0 Å². The predicted octanol–water partition coefficient (Wildman–Crippen LogP) is 0.641. The van der Waals surface area contributed by atoms with Crippen molar-refractivity contribution in [3.8, 4) is 0 Å². The van der Waals surface area contributed by atoms with Crippen LogP contribution in [0, 0.1) is 11.3 Å². The molecule has 1 aromatic rings. The van der Waals surface area contributed by atoms with Crippen LogP contribution in [0.25, 0.3) is 0 Å². The minimum atomic E-state index is -0.987. The van der Waals surface area contributed by atoms with E-state index in [0.29, 0.717) is 19.4 Å². The molecule has 0 aromatic carbocycles. The monoisotopic (exact) mass is 597 g/mol. The van der Waals surface area contributed by atoms with Crippen LogP contribution in [0.5, 0.6) is 0 Å². The van der Waals surface area contributed by atoms with E-state index in [1.54, 1.807) is 0 Å². The molecule has 2 heterocycles. The molecule has 3 fully saturated rings. The molecule has 3 atom stereocenters. The van der Waals surface area contributed by atoms with Crippen LogP contribution in [0.1, 0.15) is 89.0 Å². The van der Waals surface area contributed by atoms with Crippen molar-refractivity contribution in [1.29, 1.82) is 0 Å². The average Bonchev–Trinajstić information content (AvgIpc) is 3.67. The Morgan fingerprint density at radius 1 is 0.930 bits per heavy atom. The summed E-state index contributed by atoms with van der Waals surface area (Å²) in [6, 6.07) is -2.67. The normalized spacial score (nSPS) is 20.4. The van der Waals surface area contributed by atoms with Crippen molar-refractivity contribution >= 4 is 35.3 Å². The Bertz CT molecular complexity index is 1210. The van der Waals surface area contributed by atoms with E-state index in [9.17, 15) is 28.8 Å². The van der Waals surface area contributed by atoms with Gasteiger partial charge in [-0.05, 0) is 49.9 Å². The Labute approximate surface area is 251 Å². The molecule has 3 aliphatic rings. The van der Waals surface area contributed by atoms with E-state index >= 15 is 0 Å². The SMILES string of the molecule is CC(C)(C)[C@H](NC(=O)[C@@H](NC(=O)c1cnccn1)C1CCCCC1)C(=O)N1CCC[C@H]1C(=O)NCC(=O)C(=O)NC1CC1. The molecular weight excluding hydrogens is 554 g/mol. The van der Waals surface area contributed by atoms with Gasteiger partial charge >= 0.3 is 0 Å². The van der Waals surface area contributed by atoms with E-state index in [4.69, 9.17) is 0 Å². The van der Waals surface area contributed by atoms with Crippen molar-refractivity contribution in [2.24, 2.45) is 11.3 Å². The summed E-state index contributed by atoms with van der Waals surface area (Å²) >= 11 is 0. The van der Waals surface area contributed by atoms with Crippen molar-refractivity contribution < 1.29 is 28.8 Å². The van der Waals surface area contributed by atoms with Gasteiger partial charge in [0.05, 0.1) is 12.7 Å². The highest BCUT2D eigenvalue weighted by atomic mass is 16.2. The van der Waals surface area contributed by atoms with Gasteiger partial charge in [0, 0.05) is 25.0 Å². The van der Waals surface area contributed by atoms with Crippen LogP contribution in [0.3, 0.4) is 0 Å². The number of hydrogen-bond acceptors (Lipinski definition) is 8. The fraction of sp³-hybridized carbons (Fsp3) is 0.667. The van der Waals surface area contributed by atoms with E-state index in [2.05, 4.69) is 31.2 Å². The summed E-state index contributed by atoms with van der Waals surface area (Å²) in [6.07, 6.45) is 11.3. The van der Waals surface area contributed by atoms with Crippen LogP contribution in [-0.2, 0) is 24.0 Å². The van der Waals surface area contributed by atoms with Crippen LogP contribution in [0.4, 0.5) is 0 Å². The van der Waals surface area contributed by atoms with Crippen LogP contribution in [0.15, 0.2) is 18.6 Å². The lowest BCUT2D eigenvalue weighted by atomic mass is 9.82. The van der Waals surface area contributed by atoms with Gasteiger partial charge in [-0.25, -0.2) is 4.98 Å². The highest BCUT2D eigenvalue weighted by Gasteiger charge is 2.43. The summed E-state index contributed by atoms with van der Waals surface area (Å²) in [6.45, 7) is 5.33. The first-order valence-corrected chi connectivity index (χ1v) is 15.2. The largest absolute Gasteiger partial charge is 0.347 e. The first kappa shape index (κ1) is 32.0. The molecule has 4 N–H and O–H groups in total. The summed E-state index contributed by atoms with van der Waals surface area (Å²) in [4.78, 5) is 87.4. The number of carbonyl (C=O) groups is 6. The quantitative estimate of drug-likeness (QED) is 0.268. The van der Waals surface area contributed by atoms with Gasteiger partial charge in [-0.1, -0.05) is 40.0 Å². The molecule has 1 aromatic heterocycles. The summed E-state index contributed by atoms with van der Waals surface area (Å²) in [5.41, 5.74) is -0.631. The second kappa shape index (κ2) is 14.0. The Balaban J connectivity index is 1.44. The Kier molecular flexibility index (Phi) is 10.5.